The monoisotopic (exact) mass is 618 g/mol. The number of carbonyl (C=O) groups is 1. The van der Waals surface area contributed by atoms with Gasteiger partial charge >= 0.3 is 14.5 Å². The molecule has 13 heteroatoms. The van der Waals surface area contributed by atoms with Gasteiger partial charge in [-0.05, 0) is 51.2 Å². The second kappa shape index (κ2) is 16.7. The van der Waals surface area contributed by atoms with E-state index in [1.165, 1.54) is 0 Å². The quantitative estimate of drug-likeness (QED) is 0.124. The zero-order chi connectivity index (χ0) is 31.4. The van der Waals surface area contributed by atoms with Crippen molar-refractivity contribution in [2.24, 2.45) is 5.41 Å². The largest absolute Gasteiger partial charge is 0.476 e. The Kier molecular flexibility index (Phi) is 13.4. The van der Waals surface area contributed by atoms with Crippen molar-refractivity contribution < 1.29 is 28.1 Å². The molecule has 43 heavy (non-hydrogen) atoms. The van der Waals surface area contributed by atoms with Crippen LogP contribution in [-0.4, -0.2) is 64.0 Å². The number of nitrogens with zero attached hydrogens (tertiary/aromatic N) is 4. The number of nitrogens with one attached hydrogen (secondary N) is 2. The molecule has 1 aromatic carbocycles. The highest BCUT2D eigenvalue weighted by Crippen LogP contribution is 2.37. The van der Waals surface area contributed by atoms with Gasteiger partial charge in [0.25, 0.3) is 0 Å². The minimum atomic E-state index is -1.70. The molecule has 12 nitrogen and oxygen atoms in total. The van der Waals surface area contributed by atoms with Crippen LogP contribution in [0.2, 0.25) is 0 Å². The predicted molar refractivity (Wildman–Crippen MR) is 168 cm³/mol. The summed E-state index contributed by atoms with van der Waals surface area (Å²) < 4.78 is 31.8. The number of hydrogen-bond acceptors (Lipinski definition) is 11. The zero-order valence-corrected chi connectivity index (χ0v) is 27.5. The fraction of sp³-hybridized carbons (Fsp3) is 0.600. The Balaban J connectivity index is 1.71. The van der Waals surface area contributed by atoms with Gasteiger partial charge < -0.3 is 28.6 Å². The summed E-state index contributed by atoms with van der Waals surface area (Å²) in [5.74, 6) is 1.16. The summed E-state index contributed by atoms with van der Waals surface area (Å²) >= 11 is 0. The lowest BCUT2D eigenvalue weighted by atomic mass is 9.99. The van der Waals surface area contributed by atoms with Gasteiger partial charge in [-0.25, -0.2) is 10.1 Å². The van der Waals surface area contributed by atoms with Gasteiger partial charge in [0.1, 0.15) is 18.0 Å². The van der Waals surface area contributed by atoms with E-state index in [1.54, 1.807) is 13.3 Å². The van der Waals surface area contributed by atoms with Crippen LogP contribution >= 0.6 is 8.53 Å². The van der Waals surface area contributed by atoms with Gasteiger partial charge in [0, 0.05) is 6.54 Å². The summed E-state index contributed by atoms with van der Waals surface area (Å²) in [6.45, 7) is 17.5. The number of fused-ring (bicyclic) bond motifs is 1. The smallest absolute Gasteiger partial charge is 0.323 e. The van der Waals surface area contributed by atoms with E-state index in [9.17, 15) is 4.79 Å². The predicted octanol–water partition coefficient (Wildman–Crippen LogP) is 6.25. The first-order chi connectivity index (χ1) is 20.5. The minimum absolute atomic E-state index is 0.135. The molecule has 0 saturated carbocycles. The van der Waals surface area contributed by atoms with Crippen LogP contribution in [0, 0.1) is 5.41 Å². The molecule has 3 aromatic rings. The maximum absolute atomic E-state index is 12.7. The van der Waals surface area contributed by atoms with Crippen molar-refractivity contribution in [3.63, 3.8) is 0 Å². The lowest BCUT2D eigenvalue weighted by molar-refractivity contribution is -0.148. The molecule has 2 aromatic heterocycles. The molecule has 0 amide bonds. The first-order valence-electron chi connectivity index (χ1n) is 14.9. The minimum Gasteiger partial charge on any atom is -0.476 e. The molecule has 4 unspecified atom stereocenters. The molecule has 0 saturated heterocycles. The Morgan fingerprint density at radius 2 is 1.84 bits per heavy atom. The van der Waals surface area contributed by atoms with Crippen LogP contribution in [0.15, 0.2) is 36.7 Å². The lowest BCUT2D eigenvalue weighted by Crippen LogP contribution is -2.35. The van der Waals surface area contributed by atoms with E-state index in [2.05, 4.69) is 32.3 Å². The van der Waals surface area contributed by atoms with E-state index in [1.807, 2.05) is 76.4 Å². The average molecular weight is 619 g/mol. The van der Waals surface area contributed by atoms with E-state index in [0.29, 0.717) is 48.4 Å². The van der Waals surface area contributed by atoms with Crippen LogP contribution in [0.1, 0.15) is 74.5 Å². The lowest BCUT2D eigenvalue weighted by Gasteiger charge is -2.26. The highest BCUT2D eigenvalue weighted by atomic mass is 31.2. The first kappa shape index (κ1) is 34.4. The third kappa shape index (κ3) is 10.9. The number of aromatic nitrogens is 4. The second-order valence-electron chi connectivity index (χ2n) is 11.3. The summed E-state index contributed by atoms with van der Waals surface area (Å²) in [6, 6.07) is 8.70. The van der Waals surface area contributed by atoms with Gasteiger partial charge in [-0.2, -0.15) is 9.97 Å². The molecule has 238 valence electrons. The maximum Gasteiger partial charge on any atom is 0.323 e. The van der Waals surface area contributed by atoms with Crippen molar-refractivity contribution >= 4 is 31.6 Å². The molecule has 0 aliphatic heterocycles. The standard InChI is InChI=1S/C30H47N6O6P/c1-9-17-31-29-33-26-25(27(34-29)38-11-3)32-20-36(26)22(5)41-23(10-2)18-40-43(42-24-15-13-12-14-16-24)35-21(4)28(37)39-19-30(6,7)8/h12-16,20-23,35H,9-11,17-19H2,1-8H3,(H,31,33,34). The highest BCUT2D eigenvalue weighted by molar-refractivity contribution is 7.45. The fourth-order valence-corrected chi connectivity index (χ4v) is 4.97. The molecular weight excluding hydrogens is 571 g/mol. The van der Waals surface area contributed by atoms with Crippen molar-refractivity contribution in [2.45, 2.75) is 86.6 Å². The zero-order valence-electron chi connectivity index (χ0n) is 26.6. The third-order valence-corrected chi connectivity index (χ3v) is 7.41. The number of anilines is 1. The van der Waals surface area contributed by atoms with Crippen LogP contribution in [0.5, 0.6) is 11.6 Å². The van der Waals surface area contributed by atoms with Gasteiger partial charge in [-0.3, -0.25) is 9.36 Å². The number of esters is 1. The Bertz CT molecular complexity index is 1270. The first-order valence-corrected chi connectivity index (χ1v) is 16.1. The number of benzene rings is 1. The number of hydrogen-bond donors (Lipinski definition) is 2. The fourth-order valence-electron chi connectivity index (χ4n) is 3.75. The van der Waals surface area contributed by atoms with Crippen molar-refractivity contribution in [1.29, 1.82) is 0 Å². The van der Waals surface area contributed by atoms with Gasteiger partial charge in [0.2, 0.25) is 11.8 Å². The van der Waals surface area contributed by atoms with Crippen molar-refractivity contribution in [3.8, 4) is 11.6 Å². The molecule has 0 fully saturated rings. The SMILES string of the molecule is CCCNc1nc(OCC)c2ncn(C(C)OC(CC)COP(NC(C)C(=O)OCC(C)(C)C)Oc3ccccc3)c2n1. The van der Waals surface area contributed by atoms with E-state index in [-0.39, 0.29) is 24.1 Å². The molecule has 0 aliphatic rings. The van der Waals surface area contributed by atoms with Gasteiger partial charge in [-0.15, -0.1) is 0 Å². The summed E-state index contributed by atoms with van der Waals surface area (Å²) in [5, 5.41) is 6.39. The maximum atomic E-state index is 12.7. The van der Waals surface area contributed by atoms with E-state index >= 15 is 0 Å². The number of ether oxygens (including phenoxy) is 3. The third-order valence-electron chi connectivity index (χ3n) is 6.05. The van der Waals surface area contributed by atoms with Crippen LogP contribution in [0.3, 0.4) is 0 Å². The normalized spacial score (nSPS) is 14.6. The van der Waals surface area contributed by atoms with Crippen LogP contribution in [0.4, 0.5) is 5.95 Å². The van der Waals surface area contributed by atoms with Crippen molar-refractivity contribution in [1.82, 2.24) is 24.6 Å². The van der Waals surface area contributed by atoms with Crippen molar-refractivity contribution in [3.05, 3.63) is 36.7 Å². The average Bonchev–Trinajstić information content (AvgIpc) is 3.41. The van der Waals surface area contributed by atoms with Gasteiger partial charge in [0.05, 0.1) is 32.3 Å². The molecule has 0 spiro atoms. The summed E-state index contributed by atoms with van der Waals surface area (Å²) in [4.78, 5) is 26.4. The number of carbonyl (C=O) groups excluding carboxylic acids is 1. The van der Waals surface area contributed by atoms with Crippen molar-refractivity contribution in [2.75, 3.05) is 31.7 Å². The number of imidazole rings is 1. The van der Waals surface area contributed by atoms with Crippen LogP contribution in [0.25, 0.3) is 11.2 Å². The second-order valence-corrected chi connectivity index (χ2v) is 12.5. The molecule has 3 rings (SSSR count). The Morgan fingerprint density at radius 3 is 2.49 bits per heavy atom. The Hall–Kier alpha value is -3.05. The Morgan fingerprint density at radius 1 is 1.09 bits per heavy atom. The Labute approximate surface area is 256 Å². The topological polar surface area (TPSA) is 131 Å². The van der Waals surface area contributed by atoms with E-state index in [4.69, 9.17) is 23.3 Å². The molecule has 0 aliphatic carbocycles. The molecule has 0 radical (unpaired) electrons. The molecule has 0 bridgehead atoms. The number of para-hydroxylation sites is 1. The number of rotatable bonds is 18. The molecular formula is C30H47N6O6P. The van der Waals surface area contributed by atoms with Crippen LogP contribution < -0.4 is 19.7 Å². The van der Waals surface area contributed by atoms with E-state index in [0.717, 1.165) is 13.0 Å². The molecule has 2 heterocycles. The van der Waals surface area contributed by atoms with Gasteiger partial charge in [-0.1, -0.05) is 52.8 Å². The van der Waals surface area contributed by atoms with E-state index < -0.39 is 20.8 Å². The molecule has 4 atom stereocenters. The summed E-state index contributed by atoms with van der Waals surface area (Å²) in [6.07, 6.45) is 2.60. The van der Waals surface area contributed by atoms with Crippen LogP contribution in [-0.2, 0) is 18.8 Å². The summed E-state index contributed by atoms with van der Waals surface area (Å²) in [7, 11) is -1.70. The summed E-state index contributed by atoms with van der Waals surface area (Å²) in [5.41, 5.74) is 1.05. The molecule has 2 N–H and O–H groups in total. The highest BCUT2D eigenvalue weighted by Gasteiger charge is 2.26. The van der Waals surface area contributed by atoms with Gasteiger partial charge in [0.15, 0.2) is 11.2 Å².